The molecule has 1 aromatic rings. The topological polar surface area (TPSA) is 52.3 Å². The van der Waals surface area contributed by atoms with Gasteiger partial charge in [-0.1, -0.05) is 6.07 Å². The van der Waals surface area contributed by atoms with Crippen molar-refractivity contribution in [2.24, 2.45) is 5.73 Å². The molecule has 1 rings (SSSR count). The van der Waals surface area contributed by atoms with Crippen LogP contribution in [0.2, 0.25) is 0 Å². The molecule has 0 heterocycles. The zero-order valence-corrected chi connectivity index (χ0v) is 8.57. The predicted octanol–water partition coefficient (Wildman–Crippen LogP) is 1.51. The smallest absolute Gasteiger partial charge is 0.152 e. The van der Waals surface area contributed by atoms with Gasteiger partial charge in [-0.05, 0) is 19.1 Å². The molecule has 1 aromatic carbocycles. The van der Waals surface area contributed by atoms with Crippen molar-refractivity contribution < 1.29 is 13.9 Å². The Kier molecular flexibility index (Phi) is 4.24. The Balaban J connectivity index is 2.35. The average molecular weight is 211 g/mol. The molecule has 3 nitrogen and oxygen atoms in total. The molecular weight excluding hydrogens is 197 g/mol. The van der Waals surface area contributed by atoms with Gasteiger partial charge in [-0.2, -0.15) is 0 Å². The molecule has 2 N–H and O–H groups in total. The van der Waals surface area contributed by atoms with Gasteiger partial charge in [0.25, 0.3) is 0 Å². The molecule has 0 aliphatic rings. The van der Waals surface area contributed by atoms with E-state index >= 15 is 0 Å². The van der Waals surface area contributed by atoms with E-state index in [9.17, 15) is 9.18 Å². The highest BCUT2D eigenvalue weighted by Crippen LogP contribution is 2.11. The summed E-state index contributed by atoms with van der Waals surface area (Å²) in [4.78, 5) is 11.1. The normalized spacial score (nSPS) is 12.2. The van der Waals surface area contributed by atoms with E-state index in [1.165, 1.54) is 12.1 Å². The third kappa shape index (κ3) is 4.08. The summed E-state index contributed by atoms with van der Waals surface area (Å²) < 4.78 is 17.9. The molecule has 1 unspecified atom stereocenters. The fourth-order valence-corrected chi connectivity index (χ4v) is 1.05. The van der Waals surface area contributed by atoms with E-state index in [0.717, 1.165) is 0 Å². The Labute approximate surface area is 88.0 Å². The van der Waals surface area contributed by atoms with Crippen molar-refractivity contribution in [2.45, 2.75) is 19.4 Å². The summed E-state index contributed by atoms with van der Waals surface area (Å²) in [5, 5.41) is 0. The number of ketones is 1. The first-order chi connectivity index (χ1) is 7.09. The number of hydrogen-bond donors (Lipinski definition) is 1. The summed E-state index contributed by atoms with van der Waals surface area (Å²) in [5.74, 6) is 0.00453. The lowest BCUT2D eigenvalue weighted by Gasteiger charge is -2.06. The number of nitrogens with two attached hydrogens (primary N) is 1. The minimum atomic E-state index is -0.471. The van der Waals surface area contributed by atoms with Crippen LogP contribution in [0.4, 0.5) is 4.39 Å². The van der Waals surface area contributed by atoms with Crippen LogP contribution in [0.5, 0.6) is 5.75 Å². The van der Waals surface area contributed by atoms with Crippen LogP contribution in [0.25, 0.3) is 0 Å². The second-order valence-electron chi connectivity index (χ2n) is 3.31. The van der Waals surface area contributed by atoms with Crippen LogP contribution in [0.3, 0.4) is 0 Å². The van der Waals surface area contributed by atoms with E-state index in [0.29, 0.717) is 5.75 Å². The maximum atomic E-state index is 12.7. The van der Waals surface area contributed by atoms with E-state index in [2.05, 4.69) is 0 Å². The summed E-state index contributed by atoms with van der Waals surface area (Å²) in [6.07, 6.45) is 0.244. The molecular formula is C11H14FNO2. The Hall–Kier alpha value is -1.42. The van der Waals surface area contributed by atoms with Crippen molar-refractivity contribution in [3.05, 3.63) is 30.1 Å². The van der Waals surface area contributed by atoms with Crippen molar-refractivity contribution in [1.29, 1.82) is 0 Å². The van der Waals surface area contributed by atoms with Crippen LogP contribution in [0.15, 0.2) is 24.3 Å². The molecule has 0 radical (unpaired) electrons. The maximum absolute atomic E-state index is 12.7. The maximum Gasteiger partial charge on any atom is 0.152 e. The van der Waals surface area contributed by atoms with Gasteiger partial charge in [0.15, 0.2) is 5.78 Å². The summed E-state index contributed by atoms with van der Waals surface area (Å²) in [6, 6.07) is 5.33. The van der Waals surface area contributed by atoms with E-state index in [1.807, 2.05) is 0 Å². The number of hydrogen-bond acceptors (Lipinski definition) is 3. The van der Waals surface area contributed by atoms with Crippen molar-refractivity contribution >= 4 is 5.78 Å². The minimum absolute atomic E-state index is 0.0635. The number of carbonyl (C=O) groups is 1. The number of benzene rings is 1. The highest BCUT2D eigenvalue weighted by molar-refractivity contribution is 5.83. The van der Waals surface area contributed by atoms with Gasteiger partial charge in [-0.3, -0.25) is 4.79 Å². The van der Waals surface area contributed by atoms with Crippen LogP contribution in [-0.4, -0.2) is 18.4 Å². The molecule has 0 aromatic heterocycles. The van der Waals surface area contributed by atoms with Crippen LogP contribution in [-0.2, 0) is 4.79 Å². The van der Waals surface area contributed by atoms with E-state index in [-0.39, 0.29) is 24.6 Å². The monoisotopic (exact) mass is 211 g/mol. The fourth-order valence-electron chi connectivity index (χ4n) is 1.05. The molecule has 15 heavy (non-hydrogen) atoms. The van der Waals surface area contributed by atoms with Crippen LogP contribution in [0, 0.1) is 5.82 Å². The summed E-state index contributed by atoms with van der Waals surface area (Å²) in [7, 11) is 0. The van der Waals surface area contributed by atoms with E-state index in [4.69, 9.17) is 10.5 Å². The molecule has 0 spiro atoms. The second-order valence-corrected chi connectivity index (χ2v) is 3.31. The largest absolute Gasteiger partial charge is 0.493 e. The molecule has 0 fully saturated rings. The quantitative estimate of drug-likeness (QED) is 0.803. The highest BCUT2D eigenvalue weighted by Gasteiger charge is 2.07. The van der Waals surface area contributed by atoms with Crippen LogP contribution < -0.4 is 10.5 Å². The van der Waals surface area contributed by atoms with Gasteiger partial charge in [0.2, 0.25) is 0 Å². The number of rotatable bonds is 5. The molecule has 82 valence electrons. The summed E-state index contributed by atoms with van der Waals surface area (Å²) in [6.45, 7) is 1.86. The molecule has 0 bridgehead atoms. The Bertz CT molecular complexity index is 339. The molecule has 1 atom stereocenters. The standard InChI is InChI=1S/C11H14FNO2/c1-8(13)11(14)5-6-15-10-4-2-3-9(12)7-10/h2-4,7-8H,5-6,13H2,1H3. The SMILES string of the molecule is CC(N)C(=O)CCOc1cccc(F)c1. The lowest BCUT2D eigenvalue weighted by atomic mass is 10.2. The van der Waals surface area contributed by atoms with Gasteiger partial charge in [0, 0.05) is 12.5 Å². The van der Waals surface area contributed by atoms with Gasteiger partial charge in [0.05, 0.1) is 12.6 Å². The molecule has 0 aliphatic carbocycles. The molecule has 0 saturated carbocycles. The number of halogens is 1. The van der Waals surface area contributed by atoms with Crippen molar-refractivity contribution in [3.63, 3.8) is 0 Å². The Morgan fingerprint density at radius 3 is 2.93 bits per heavy atom. The second kappa shape index (κ2) is 5.46. The summed E-state index contributed by atoms with van der Waals surface area (Å²) >= 11 is 0. The van der Waals surface area contributed by atoms with Gasteiger partial charge < -0.3 is 10.5 Å². The molecule has 4 heteroatoms. The highest BCUT2D eigenvalue weighted by atomic mass is 19.1. The van der Waals surface area contributed by atoms with Gasteiger partial charge in [-0.25, -0.2) is 4.39 Å². The zero-order chi connectivity index (χ0) is 11.3. The lowest BCUT2D eigenvalue weighted by molar-refractivity contribution is -0.120. The van der Waals surface area contributed by atoms with Crippen molar-refractivity contribution in [1.82, 2.24) is 0 Å². The van der Waals surface area contributed by atoms with Gasteiger partial charge in [0.1, 0.15) is 11.6 Å². The average Bonchev–Trinajstić information content (AvgIpc) is 2.17. The predicted molar refractivity (Wildman–Crippen MR) is 55.2 cm³/mol. The first kappa shape index (κ1) is 11.7. The number of Topliss-reactive ketones (excluding diaryl/α,β-unsaturated/α-hetero) is 1. The van der Waals surface area contributed by atoms with E-state index in [1.54, 1.807) is 19.1 Å². The third-order valence-corrected chi connectivity index (χ3v) is 1.92. The first-order valence-corrected chi connectivity index (χ1v) is 4.76. The van der Waals surface area contributed by atoms with Crippen LogP contribution >= 0.6 is 0 Å². The van der Waals surface area contributed by atoms with Crippen molar-refractivity contribution in [2.75, 3.05) is 6.61 Å². The van der Waals surface area contributed by atoms with Gasteiger partial charge in [-0.15, -0.1) is 0 Å². The Morgan fingerprint density at radius 1 is 1.60 bits per heavy atom. The zero-order valence-electron chi connectivity index (χ0n) is 8.57. The molecule has 0 amide bonds. The third-order valence-electron chi connectivity index (χ3n) is 1.92. The lowest BCUT2D eigenvalue weighted by Crippen LogP contribution is -2.27. The first-order valence-electron chi connectivity index (χ1n) is 4.76. The van der Waals surface area contributed by atoms with Crippen molar-refractivity contribution in [3.8, 4) is 5.75 Å². The van der Waals surface area contributed by atoms with Crippen LogP contribution in [0.1, 0.15) is 13.3 Å². The fraction of sp³-hybridized carbons (Fsp3) is 0.364. The molecule has 0 aliphatic heterocycles. The van der Waals surface area contributed by atoms with E-state index < -0.39 is 6.04 Å². The molecule has 0 saturated heterocycles. The summed E-state index contributed by atoms with van der Waals surface area (Å²) in [5.41, 5.74) is 5.37. The number of ether oxygens (including phenoxy) is 1. The Morgan fingerprint density at radius 2 is 2.33 bits per heavy atom. The number of carbonyl (C=O) groups excluding carboxylic acids is 1. The van der Waals surface area contributed by atoms with Gasteiger partial charge >= 0.3 is 0 Å². The minimum Gasteiger partial charge on any atom is -0.493 e.